The summed E-state index contributed by atoms with van der Waals surface area (Å²) in [6, 6.07) is 7.63. The molecule has 21 heavy (non-hydrogen) atoms. The molecule has 2 aromatic rings. The van der Waals surface area contributed by atoms with Crippen molar-refractivity contribution in [1.29, 1.82) is 5.26 Å². The summed E-state index contributed by atoms with van der Waals surface area (Å²) in [5, 5.41) is 9.63. The summed E-state index contributed by atoms with van der Waals surface area (Å²) >= 11 is 6.18. The van der Waals surface area contributed by atoms with Gasteiger partial charge in [-0.25, -0.2) is 4.98 Å². The maximum absolute atomic E-state index is 8.96. The first-order valence-electron chi connectivity index (χ1n) is 6.73. The average Bonchev–Trinajstić information content (AvgIpc) is 2.56. The molecule has 0 amide bonds. The Morgan fingerprint density at radius 1 is 1.10 bits per heavy atom. The van der Waals surface area contributed by atoms with Gasteiger partial charge in [-0.05, 0) is 18.2 Å². The van der Waals surface area contributed by atoms with E-state index in [4.69, 9.17) is 16.9 Å². The van der Waals surface area contributed by atoms with Gasteiger partial charge in [0.15, 0.2) is 0 Å². The van der Waals surface area contributed by atoms with E-state index < -0.39 is 0 Å². The van der Waals surface area contributed by atoms with E-state index in [1.165, 1.54) is 0 Å². The Labute approximate surface area is 128 Å². The fraction of sp³-hybridized carbons (Fsp3) is 0.267. The average molecular weight is 300 g/mol. The van der Waals surface area contributed by atoms with Gasteiger partial charge in [0.25, 0.3) is 0 Å². The molecule has 0 bridgehead atoms. The van der Waals surface area contributed by atoms with Crippen LogP contribution < -0.4 is 9.80 Å². The number of nitriles is 1. The van der Waals surface area contributed by atoms with E-state index in [-0.39, 0.29) is 0 Å². The molecule has 3 heterocycles. The third kappa shape index (κ3) is 2.91. The monoisotopic (exact) mass is 299 g/mol. The van der Waals surface area contributed by atoms with E-state index in [1.807, 2.05) is 12.1 Å². The Kier molecular flexibility index (Phi) is 3.89. The van der Waals surface area contributed by atoms with Gasteiger partial charge in [0, 0.05) is 44.8 Å². The highest BCUT2D eigenvalue weighted by Gasteiger charge is 2.19. The minimum Gasteiger partial charge on any atom is -0.367 e. The SMILES string of the molecule is N#Cc1ccnc(N2CCN(c3ccncc3Cl)CC2)c1. The Bertz CT molecular complexity index is 674. The van der Waals surface area contributed by atoms with Gasteiger partial charge >= 0.3 is 0 Å². The number of piperazine rings is 1. The Morgan fingerprint density at radius 3 is 2.57 bits per heavy atom. The lowest BCUT2D eigenvalue weighted by molar-refractivity contribution is 0.647. The molecule has 0 aliphatic carbocycles. The van der Waals surface area contributed by atoms with Crippen LogP contribution in [0.25, 0.3) is 0 Å². The van der Waals surface area contributed by atoms with Crippen LogP contribution in [0.1, 0.15) is 5.56 Å². The second kappa shape index (κ2) is 5.98. The predicted molar refractivity (Wildman–Crippen MR) is 82.6 cm³/mol. The van der Waals surface area contributed by atoms with Gasteiger partial charge in [-0.15, -0.1) is 0 Å². The van der Waals surface area contributed by atoms with Gasteiger partial charge in [0.1, 0.15) is 5.82 Å². The molecule has 1 fully saturated rings. The number of halogens is 1. The number of hydrogen-bond donors (Lipinski definition) is 0. The first kappa shape index (κ1) is 13.7. The Morgan fingerprint density at radius 2 is 1.86 bits per heavy atom. The van der Waals surface area contributed by atoms with Gasteiger partial charge < -0.3 is 9.80 Å². The first-order valence-corrected chi connectivity index (χ1v) is 7.11. The largest absolute Gasteiger partial charge is 0.367 e. The maximum Gasteiger partial charge on any atom is 0.129 e. The number of pyridine rings is 2. The van der Waals surface area contributed by atoms with Crippen molar-refractivity contribution in [2.45, 2.75) is 0 Å². The molecular formula is C15H14ClN5. The second-order valence-electron chi connectivity index (χ2n) is 4.82. The quantitative estimate of drug-likeness (QED) is 0.852. The summed E-state index contributed by atoms with van der Waals surface area (Å²) in [6.45, 7) is 3.42. The second-order valence-corrected chi connectivity index (χ2v) is 5.22. The number of nitrogens with zero attached hydrogens (tertiary/aromatic N) is 5. The topological polar surface area (TPSA) is 56.1 Å². The highest BCUT2D eigenvalue weighted by atomic mass is 35.5. The summed E-state index contributed by atoms with van der Waals surface area (Å²) in [4.78, 5) is 12.8. The van der Waals surface area contributed by atoms with Crippen molar-refractivity contribution in [3.8, 4) is 6.07 Å². The van der Waals surface area contributed by atoms with Gasteiger partial charge in [-0.3, -0.25) is 4.98 Å². The van der Waals surface area contributed by atoms with Gasteiger partial charge in [-0.1, -0.05) is 11.6 Å². The highest BCUT2D eigenvalue weighted by Crippen LogP contribution is 2.26. The summed E-state index contributed by atoms with van der Waals surface area (Å²) in [5.41, 5.74) is 1.66. The van der Waals surface area contributed by atoms with Gasteiger partial charge in [0.2, 0.25) is 0 Å². The molecule has 0 aromatic carbocycles. The lowest BCUT2D eigenvalue weighted by atomic mass is 10.2. The summed E-state index contributed by atoms with van der Waals surface area (Å²) in [7, 11) is 0. The van der Waals surface area contributed by atoms with E-state index >= 15 is 0 Å². The molecule has 0 spiro atoms. The van der Waals surface area contributed by atoms with Crippen molar-refractivity contribution in [3.63, 3.8) is 0 Å². The van der Waals surface area contributed by atoms with Crippen LogP contribution in [0, 0.1) is 11.3 Å². The lowest BCUT2D eigenvalue weighted by Gasteiger charge is -2.37. The van der Waals surface area contributed by atoms with Crippen molar-refractivity contribution in [3.05, 3.63) is 47.4 Å². The summed E-state index contributed by atoms with van der Waals surface area (Å²) < 4.78 is 0. The van der Waals surface area contributed by atoms with Crippen LogP contribution in [0.5, 0.6) is 0 Å². The summed E-state index contributed by atoms with van der Waals surface area (Å²) in [5.74, 6) is 0.856. The van der Waals surface area contributed by atoms with Crippen LogP contribution >= 0.6 is 11.6 Å². The smallest absolute Gasteiger partial charge is 0.129 e. The van der Waals surface area contributed by atoms with Crippen LogP contribution in [0.15, 0.2) is 36.8 Å². The predicted octanol–water partition coefficient (Wildman–Crippen LogP) is 2.33. The molecule has 1 aliphatic heterocycles. The molecule has 0 unspecified atom stereocenters. The Hall–Kier alpha value is -2.32. The van der Waals surface area contributed by atoms with Gasteiger partial charge in [-0.2, -0.15) is 5.26 Å². The normalized spacial score (nSPS) is 14.9. The zero-order valence-corrected chi connectivity index (χ0v) is 12.2. The molecule has 2 aromatic heterocycles. The fourth-order valence-electron chi connectivity index (χ4n) is 2.46. The first-order chi connectivity index (χ1) is 10.3. The fourth-order valence-corrected chi connectivity index (χ4v) is 2.70. The molecule has 1 aliphatic rings. The molecule has 3 rings (SSSR count). The molecule has 0 atom stereocenters. The van der Waals surface area contributed by atoms with Crippen LogP contribution in [0.2, 0.25) is 5.02 Å². The van der Waals surface area contributed by atoms with E-state index in [0.29, 0.717) is 10.6 Å². The van der Waals surface area contributed by atoms with Crippen LogP contribution in [-0.2, 0) is 0 Å². The Balaban J connectivity index is 1.71. The van der Waals surface area contributed by atoms with Crippen LogP contribution in [-0.4, -0.2) is 36.1 Å². The molecule has 0 N–H and O–H groups in total. The van der Waals surface area contributed by atoms with Crippen molar-refractivity contribution in [2.75, 3.05) is 36.0 Å². The molecular weight excluding hydrogens is 286 g/mol. The number of rotatable bonds is 2. The number of hydrogen-bond acceptors (Lipinski definition) is 5. The molecule has 0 saturated carbocycles. The number of anilines is 2. The van der Waals surface area contributed by atoms with Crippen LogP contribution in [0.3, 0.4) is 0 Å². The zero-order chi connectivity index (χ0) is 14.7. The van der Waals surface area contributed by atoms with E-state index in [1.54, 1.807) is 24.7 Å². The standard InChI is InChI=1S/C15H14ClN5/c16-13-11-18-3-2-14(13)20-5-7-21(8-6-20)15-9-12(10-17)1-4-19-15/h1-4,9,11H,5-8H2. The van der Waals surface area contributed by atoms with Crippen molar-refractivity contribution in [1.82, 2.24) is 9.97 Å². The molecule has 1 saturated heterocycles. The lowest BCUT2D eigenvalue weighted by Crippen LogP contribution is -2.47. The van der Waals surface area contributed by atoms with Crippen molar-refractivity contribution >= 4 is 23.1 Å². The minimum absolute atomic E-state index is 0.639. The van der Waals surface area contributed by atoms with Crippen LogP contribution in [0.4, 0.5) is 11.5 Å². The molecule has 106 valence electrons. The minimum atomic E-state index is 0.639. The van der Waals surface area contributed by atoms with Crippen molar-refractivity contribution in [2.24, 2.45) is 0 Å². The van der Waals surface area contributed by atoms with E-state index in [0.717, 1.165) is 37.7 Å². The third-order valence-electron chi connectivity index (χ3n) is 3.57. The third-order valence-corrected chi connectivity index (χ3v) is 3.86. The highest BCUT2D eigenvalue weighted by molar-refractivity contribution is 6.33. The van der Waals surface area contributed by atoms with E-state index in [9.17, 15) is 0 Å². The molecule has 0 radical (unpaired) electrons. The maximum atomic E-state index is 8.96. The zero-order valence-electron chi connectivity index (χ0n) is 11.4. The van der Waals surface area contributed by atoms with E-state index in [2.05, 4.69) is 25.8 Å². The number of aromatic nitrogens is 2. The van der Waals surface area contributed by atoms with Crippen molar-refractivity contribution < 1.29 is 0 Å². The molecule has 6 heteroatoms. The van der Waals surface area contributed by atoms with Gasteiger partial charge in [0.05, 0.1) is 22.3 Å². The summed E-state index contributed by atoms with van der Waals surface area (Å²) in [6.07, 6.45) is 5.10. The molecule has 5 nitrogen and oxygen atoms in total.